The lowest BCUT2D eigenvalue weighted by Crippen LogP contribution is -2.13. The van der Waals surface area contributed by atoms with Crippen molar-refractivity contribution in [2.24, 2.45) is 5.92 Å². The maximum atomic E-state index is 5.76. The van der Waals surface area contributed by atoms with Crippen LogP contribution in [0.5, 0.6) is 0 Å². The Balaban J connectivity index is 1.69. The van der Waals surface area contributed by atoms with Crippen LogP contribution in [0.15, 0.2) is 24.3 Å². The van der Waals surface area contributed by atoms with Crippen LogP contribution in [0.25, 0.3) is 0 Å². The van der Waals surface area contributed by atoms with E-state index in [1.165, 1.54) is 37.7 Å². The molecule has 88 valence electrons. The van der Waals surface area contributed by atoms with Crippen molar-refractivity contribution in [2.45, 2.75) is 38.7 Å². The van der Waals surface area contributed by atoms with Crippen molar-refractivity contribution >= 4 is 5.69 Å². The molecule has 0 radical (unpaired) electrons. The van der Waals surface area contributed by atoms with Crippen molar-refractivity contribution in [2.75, 3.05) is 12.3 Å². The van der Waals surface area contributed by atoms with Gasteiger partial charge in [0, 0.05) is 12.3 Å². The Hall–Kier alpha value is -1.02. The van der Waals surface area contributed by atoms with Crippen LogP contribution in [0, 0.1) is 5.92 Å². The lowest BCUT2D eigenvalue weighted by molar-refractivity contribution is 0.0739. The van der Waals surface area contributed by atoms with E-state index in [0.29, 0.717) is 0 Å². The third-order valence-electron chi connectivity index (χ3n) is 3.33. The molecule has 2 N–H and O–H groups in total. The number of benzene rings is 1. The molecule has 0 amide bonds. The zero-order valence-electron chi connectivity index (χ0n) is 9.82. The zero-order chi connectivity index (χ0) is 11.2. The van der Waals surface area contributed by atoms with Gasteiger partial charge in [-0.05, 0) is 36.5 Å². The number of hydrogen-bond donors (Lipinski definition) is 1. The Kier molecular flexibility index (Phi) is 4.23. The van der Waals surface area contributed by atoms with E-state index >= 15 is 0 Å². The van der Waals surface area contributed by atoms with Gasteiger partial charge in [0.1, 0.15) is 0 Å². The third-order valence-corrected chi connectivity index (χ3v) is 3.33. The minimum Gasteiger partial charge on any atom is -0.399 e. The molecule has 0 saturated heterocycles. The molecular formula is C14H21NO. The van der Waals surface area contributed by atoms with Crippen LogP contribution in [-0.2, 0) is 11.3 Å². The summed E-state index contributed by atoms with van der Waals surface area (Å²) in [6, 6.07) is 7.94. The first-order valence-corrected chi connectivity index (χ1v) is 6.27. The summed E-state index contributed by atoms with van der Waals surface area (Å²) in [5.74, 6) is 0.794. The van der Waals surface area contributed by atoms with E-state index in [4.69, 9.17) is 10.5 Å². The van der Waals surface area contributed by atoms with Crippen molar-refractivity contribution in [1.82, 2.24) is 0 Å². The van der Waals surface area contributed by atoms with Crippen LogP contribution < -0.4 is 5.73 Å². The van der Waals surface area contributed by atoms with Gasteiger partial charge in [-0.15, -0.1) is 0 Å². The van der Waals surface area contributed by atoms with E-state index < -0.39 is 0 Å². The number of anilines is 1. The van der Waals surface area contributed by atoms with Gasteiger partial charge < -0.3 is 10.5 Å². The highest BCUT2D eigenvalue weighted by molar-refractivity contribution is 5.39. The first-order valence-electron chi connectivity index (χ1n) is 6.27. The van der Waals surface area contributed by atoms with E-state index in [2.05, 4.69) is 0 Å². The lowest BCUT2D eigenvalue weighted by Gasteiger charge is -2.21. The fourth-order valence-corrected chi connectivity index (χ4v) is 2.31. The van der Waals surface area contributed by atoms with Gasteiger partial charge in [0.15, 0.2) is 0 Å². The van der Waals surface area contributed by atoms with Crippen LogP contribution >= 0.6 is 0 Å². The topological polar surface area (TPSA) is 35.2 Å². The molecule has 2 heteroatoms. The molecule has 0 unspecified atom stereocenters. The van der Waals surface area contributed by atoms with Gasteiger partial charge in [-0.2, -0.15) is 0 Å². The average Bonchev–Trinajstić information content (AvgIpc) is 2.33. The second kappa shape index (κ2) is 5.90. The maximum absolute atomic E-state index is 5.76. The molecule has 2 rings (SSSR count). The minimum atomic E-state index is 0.719. The summed E-state index contributed by atoms with van der Waals surface area (Å²) in [5.41, 5.74) is 7.66. The quantitative estimate of drug-likeness (QED) is 0.788. The molecule has 1 aromatic carbocycles. The van der Waals surface area contributed by atoms with E-state index in [0.717, 1.165) is 24.8 Å². The Morgan fingerprint density at radius 1 is 1.06 bits per heavy atom. The maximum Gasteiger partial charge on any atom is 0.0717 e. The van der Waals surface area contributed by atoms with Gasteiger partial charge in [-0.1, -0.05) is 31.4 Å². The molecule has 0 heterocycles. The molecule has 1 saturated carbocycles. The standard InChI is InChI=1S/C14H21NO/c15-14-8-6-13(7-9-14)11-16-10-12-4-2-1-3-5-12/h6-9,12H,1-5,10-11,15H2. The summed E-state index contributed by atoms with van der Waals surface area (Å²) in [6.07, 6.45) is 6.88. The van der Waals surface area contributed by atoms with Gasteiger partial charge in [0.2, 0.25) is 0 Å². The number of ether oxygens (including phenoxy) is 1. The van der Waals surface area contributed by atoms with Crippen LogP contribution in [0.2, 0.25) is 0 Å². The van der Waals surface area contributed by atoms with Crippen LogP contribution in [0.4, 0.5) is 5.69 Å². The van der Waals surface area contributed by atoms with Gasteiger partial charge in [0.25, 0.3) is 0 Å². The predicted octanol–water partition coefficient (Wildman–Crippen LogP) is 3.37. The molecule has 0 spiro atoms. The van der Waals surface area contributed by atoms with E-state index in [-0.39, 0.29) is 0 Å². The van der Waals surface area contributed by atoms with Crippen molar-refractivity contribution < 1.29 is 4.74 Å². The van der Waals surface area contributed by atoms with Gasteiger partial charge in [-0.25, -0.2) is 0 Å². The minimum absolute atomic E-state index is 0.719. The molecule has 0 atom stereocenters. The van der Waals surface area contributed by atoms with Gasteiger partial charge in [0.05, 0.1) is 6.61 Å². The molecule has 1 aromatic rings. The van der Waals surface area contributed by atoms with Crippen LogP contribution in [0.1, 0.15) is 37.7 Å². The largest absolute Gasteiger partial charge is 0.399 e. The van der Waals surface area contributed by atoms with Gasteiger partial charge >= 0.3 is 0 Å². The summed E-state index contributed by atoms with van der Waals surface area (Å²) in [7, 11) is 0. The summed E-state index contributed by atoms with van der Waals surface area (Å²) in [4.78, 5) is 0. The number of nitrogen functional groups attached to an aromatic ring is 1. The van der Waals surface area contributed by atoms with E-state index in [1.807, 2.05) is 24.3 Å². The normalized spacial score (nSPS) is 17.5. The Morgan fingerprint density at radius 2 is 1.75 bits per heavy atom. The van der Waals surface area contributed by atoms with Gasteiger partial charge in [-0.3, -0.25) is 0 Å². The average molecular weight is 219 g/mol. The first-order chi connectivity index (χ1) is 7.84. The fourth-order valence-electron chi connectivity index (χ4n) is 2.31. The summed E-state index contributed by atoms with van der Waals surface area (Å²) in [6.45, 7) is 1.64. The fraction of sp³-hybridized carbons (Fsp3) is 0.571. The Bertz CT molecular complexity index is 301. The SMILES string of the molecule is Nc1ccc(COCC2CCCCC2)cc1. The summed E-state index contributed by atoms with van der Waals surface area (Å²) >= 11 is 0. The molecular weight excluding hydrogens is 198 g/mol. The number of nitrogens with two attached hydrogens (primary N) is 1. The predicted molar refractivity (Wildman–Crippen MR) is 67.1 cm³/mol. The highest BCUT2D eigenvalue weighted by Crippen LogP contribution is 2.23. The second-order valence-electron chi connectivity index (χ2n) is 4.76. The number of hydrogen-bond acceptors (Lipinski definition) is 2. The van der Waals surface area contributed by atoms with Crippen molar-refractivity contribution in [3.8, 4) is 0 Å². The molecule has 1 aliphatic carbocycles. The zero-order valence-corrected chi connectivity index (χ0v) is 9.82. The van der Waals surface area contributed by atoms with E-state index in [1.54, 1.807) is 0 Å². The lowest BCUT2D eigenvalue weighted by atomic mass is 9.90. The third kappa shape index (κ3) is 3.53. The highest BCUT2D eigenvalue weighted by atomic mass is 16.5. The Morgan fingerprint density at radius 3 is 2.44 bits per heavy atom. The van der Waals surface area contributed by atoms with Crippen LogP contribution in [0.3, 0.4) is 0 Å². The molecule has 2 nitrogen and oxygen atoms in total. The first kappa shape index (κ1) is 11.5. The molecule has 1 aliphatic rings. The highest BCUT2D eigenvalue weighted by Gasteiger charge is 2.12. The molecule has 16 heavy (non-hydrogen) atoms. The van der Waals surface area contributed by atoms with E-state index in [9.17, 15) is 0 Å². The van der Waals surface area contributed by atoms with Crippen molar-refractivity contribution in [1.29, 1.82) is 0 Å². The van der Waals surface area contributed by atoms with Crippen molar-refractivity contribution in [3.05, 3.63) is 29.8 Å². The number of rotatable bonds is 4. The summed E-state index contributed by atoms with van der Waals surface area (Å²) in [5, 5.41) is 0. The van der Waals surface area contributed by atoms with Crippen LogP contribution in [-0.4, -0.2) is 6.61 Å². The Labute approximate surface area is 97.8 Å². The van der Waals surface area contributed by atoms with Crippen molar-refractivity contribution in [3.63, 3.8) is 0 Å². The molecule has 0 bridgehead atoms. The summed E-state index contributed by atoms with van der Waals surface area (Å²) < 4.78 is 5.76. The second-order valence-corrected chi connectivity index (χ2v) is 4.76. The monoisotopic (exact) mass is 219 g/mol. The molecule has 1 fully saturated rings. The molecule has 0 aromatic heterocycles. The molecule has 0 aliphatic heterocycles. The smallest absolute Gasteiger partial charge is 0.0717 e.